The van der Waals surface area contributed by atoms with E-state index in [1.807, 2.05) is 37.4 Å². The van der Waals surface area contributed by atoms with Gasteiger partial charge in [-0.05, 0) is 35.9 Å². The molecular weight excluding hydrogens is 250 g/mol. The van der Waals surface area contributed by atoms with Gasteiger partial charge in [0.2, 0.25) is 0 Å². The average Bonchev–Trinajstić information content (AvgIpc) is 2.49. The summed E-state index contributed by atoms with van der Waals surface area (Å²) in [6, 6.07) is 16.3. The van der Waals surface area contributed by atoms with E-state index in [2.05, 4.69) is 23.5 Å². The zero-order valence-corrected chi connectivity index (χ0v) is 12.1. The van der Waals surface area contributed by atoms with E-state index in [1.165, 1.54) is 11.1 Å². The quantitative estimate of drug-likeness (QED) is 0.839. The average molecular weight is 271 g/mol. The molecule has 0 atom stereocenters. The van der Waals surface area contributed by atoms with E-state index in [0.717, 1.165) is 17.9 Å². The van der Waals surface area contributed by atoms with Crippen LogP contribution in [0, 0.1) is 0 Å². The summed E-state index contributed by atoms with van der Waals surface area (Å²) in [5.74, 6) is 0.863. The van der Waals surface area contributed by atoms with Crippen LogP contribution in [0.5, 0.6) is 5.75 Å². The first kappa shape index (κ1) is 14.6. The molecule has 0 saturated heterocycles. The Bertz CT molecular complexity index is 540. The fourth-order valence-corrected chi connectivity index (χ4v) is 2.10. The maximum Gasteiger partial charge on any atom is 0.119 e. The molecule has 0 bridgehead atoms. The van der Waals surface area contributed by atoms with E-state index in [4.69, 9.17) is 9.47 Å². The molecule has 0 radical (unpaired) electrons. The first-order valence-electron chi connectivity index (χ1n) is 6.75. The predicted molar refractivity (Wildman–Crippen MR) is 80.7 cm³/mol. The minimum absolute atomic E-state index is 0.588. The van der Waals surface area contributed by atoms with Crippen molar-refractivity contribution in [3.63, 3.8) is 0 Å². The van der Waals surface area contributed by atoms with Gasteiger partial charge >= 0.3 is 0 Å². The second-order valence-electron chi connectivity index (χ2n) is 4.64. The Morgan fingerprint density at radius 2 is 1.75 bits per heavy atom. The van der Waals surface area contributed by atoms with Crippen LogP contribution in [0.25, 0.3) is 0 Å². The number of rotatable bonds is 7. The molecule has 0 aliphatic rings. The highest BCUT2D eigenvalue weighted by atomic mass is 16.5. The van der Waals surface area contributed by atoms with Crippen LogP contribution in [0.2, 0.25) is 0 Å². The summed E-state index contributed by atoms with van der Waals surface area (Å²) < 4.78 is 11.0. The van der Waals surface area contributed by atoms with Crippen molar-refractivity contribution in [2.75, 3.05) is 14.2 Å². The molecule has 2 rings (SSSR count). The fourth-order valence-electron chi connectivity index (χ4n) is 2.10. The molecule has 0 fully saturated rings. The van der Waals surface area contributed by atoms with Crippen LogP contribution >= 0.6 is 0 Å². The van der Waals surface area contributed by atoms with Crippen LogP contribution in [0.4, 0.5) is 0 Å². The van der Waals surface area contributed by atoms with Crippen molar-refractivity contribution in [3.8, 4) is 5.75 Å². The van der Waals surface area contributed by atoms with Crippen molar-refractivity contribution in [1.29, 1.82) is 0 Å². The molecule has 0 heterocycles. The third kappa shape index (κ3) is 4.08. The van der Waals surface area contributed by atoms with Crippen molar-refractivity contribution < 1.29 is 9.47 Å². The van der Waals surface area contributed by atoms with Crippen LogP contribution in [0.1, 0.15) is 16.7 Å². The molecule has 2 aromatic rings. The third-order valence-corrected chi connectivity index (χ3v) is 3.15. The van der Waals surface area contributed by atoms with E-state index in [9.17, 15) is 0 Å². The van der Waals surface area contributed by atoms with Gasteiger partial charge in [0.25, 0.3) is 0 Å². The Morgan fingerprint density at radius 3 is 2.50 bits per heavy atom. The topological polar surface area (TPSA) is 30.5 Å². The Morgan fingerprint density at radius 1 is 0.950 bits per heavy atom. The molecule has 0 unspecified atom stereocenters. The summed E-state index contributed by atoms with van der Waals surface area (Å²) in [6.07, 6.45) is 0. The maximum atomic E-state index is 5.81. The van der Waals surface area contributed by atoms with Gasteiger partial charge in [-0.3, -0.25) is 0 Å². The van der Waals surface area contributed by atoms with E-state index in [1.54, 1.807) is 7.11 Å². The summed E-state index contributed by atoms with van der Waals surface area (Å²) in [5, 5.41) is 3.18. The zero-order valence-electron chi connectivity index (χ0n) is 12.1. The first-order chi connectivity index (χ1) is 9.83. The number of nitrogens with one attached hydrogen (secondary N) is 1. The van der Waals surface area contributed by atoms with Gasteiger partial charge in [-0.2, -0.15) is 0 Å². The molecule has 0 amide bonds. The van der Waals surface area contributed by atoms with Crippen LogP contribution in [-0.4, -0.2) is 14.2 Å². The summed E-state index contributed by atoms with van der Waals surface area (Å²) in [6.45, 7) is 2.07. The minimum atomic E-state index is 0.588. The van der Waals surface area contributed by atoms with Gasteiger partial charge in [-0.15, -0.1) is 0 Å². The van der Waals surface area contributed by atoms with Gasteiger partial charge in [0.1, 0.15) is 5.75 Å². The Labute approximate surface area is 120 Å². The Balaban J connectivity index is 1.92. The third-order valence-electron chi connectivity index (χ3n) is 3.15. The van der Waals surface area contributed by atoms with Crippen molar-refractivity contribution >= 4 is 0 Å². The van der Waals surface area contributed by atoms with E-state index in [0.29, 0.717) is 13.2 Å². The lowest BCUT2D eigenvalue weighted by Gasteiger charge is -2.10. The Hall–Kier alpha value is -1.84. The highest BCUT2D eigenvalue weighted by Crippen LogP contribution is 2.15. The van der Waals surface area contributed by atoms with Crippen LogP contribution in [0.15, 0.2) is 48.5 Å². The number of hydrogen-bond donors (Lipinski definition) is 1. The molecule has 1 N–H and O–H groups in total. The van der Waals surface area contributed by atoms with Gasteiger partial charge in [-0.25, -0.2) is 0 Å². The van der Waals surface area contributed by atoms with E-state index < -0.39 is 0 Å². The van der Waals surface area contributed by atoms with E-state index >= 15 is 0 Å². The molecule has 0 spiro atoms. The van der Waals surface area contributed by atoms with E-state index in [-0.39, 0.29) is 0 Å². The molecule has 3 heteroatoms. The molecule has 106 valence electrons. The van der Waals surface area contributed by atoms with Gasteiger partial charge in [-0.1, -0.05) is 36.4 Å². The fraction of sp³-hybridized carbons (Fsp3) is 0.294. The number of methoxy groups -OCH3 is 1. The Kier molecular flexibility index (Phi) is 5.59. The van der Waals surface area contributed by atoms with Gasteiger partial charge in [0.05, 0.1) is 20.3 Å². The zero-order chi connectivity index (χ0) is 14.2. The summed E-state index contributed by atoms with van der Waals surface area (Å²) in [7, 11) is 3.63. The summed E-state index contributed by atoms with van der Waals surface area (Å²) >= 11 is 0. The minimum Gasteiger partial charge on any atom is -0.497 e. The van der Waals surface area contributed by atoms with Gasteiger partial charge in [0.15, 0.2) is 0 Å². The molecule has 0 aliphatic heterocycles. The lowest BCUT2D eigenvalue weighted by atomic mass is 10.1. The second-order valence-corrected chi connectivity index (χ2v) is 4.64. The molecule has 0 aromatic heterocycles. The normalized spacial score (nSPS) is 10.5. The van der Waals surface area contributed by atoms with Gasteiger partial charge < -0.3 is 14.8 Å². The number of ether oxygens (including phenoxy) is 2. The molecule has 2 aromatic carbocycles. The van der Waals surface area contributed by atoms with Crippen molar-refractivity contribution in [3.05, 3.63) is 65.2 Å². The highest BCUT2D eigenvalue weighted by molar-refractivity contribution is 5.28. The van der Waals surface area contributed by atoms with Crippen molar-refractivity contribution in [1.82, 2.24) is 5.32 Å². The van der Waals surface area contributed by atoms with Crippen LogP contribution in [0.3, 0.4) is 0 Å². The largest absolute Gasteiger partial charge is 0.497 e. The molecular formula is C17H21NO2. The number of benzene rings is 2. The molecule has 0 aliphatic carbocycles. The second kappa shape index (κ2) is 7.68. The first-order valence-corrected chi connectivity index (χ1v) is 6.75. The highest BCUT2D eigenvalue weighted by Gasteiger charge is 2.02. The predicted octanol–water partition coefficient (Wildman–Crippen LogP) is 3.13. The molecule has 20 heavy (non-hydrogen) atoms. The van der Waals surface area contributed by atoms with Crippen LogP contribution < -0.4 is 10.1 Å². The summed E-state index contributed by atoms with van der Waals surface area (Å²) in [4.78, 5) is 0. The molecule has 3 nitrogen and oxygen atoms in total. The van der Waals surface area contributed by atoms with Crippen LogP contribution in [-0.2, 0) is 24.5 Å². The standard InChI is InChI=1S/C17H21NO2/c1-18-11-15-7-3-4-8-16(15)13-20-12-14-6-5-9-17(10-14)19-2/h3-10,18H,11-13H2,1-2H3. The lowest BCUT2D eigenvalue weighted by molar-refractivity contribution is 0.106. The summed E-state index contributed by atoms with van der Waals surface area (Å²) in [5.41, 5.74) is 3.63. The lowest BCUT2D eigenvalue weighted by Crippen LogP contribution is -2.08. The molecule has 0 saturated carbocycles. The van der Waals surface area contributed by atoms with Crippen molar-refractivity contribution in [2.24, 2.45) is 0 Å². The smallest absolute Gasteiger partial charge is 0.119 e. The maximum absolute atomic E-state index is 5.81. The number of hydrogen-bond acceptors (Lipinski definition) is 3. The monoisotopic (exact) mass is 271 g/mol. The van der Waals surface area contributed by atoms with Gasteiger partial charge in [0, 0.05) is 6.54 Å². The SMILES string of the molecule is CNCc1ccccc1COCc1cccc(OC)c1. The van der Waals surface area contributed by atoms with Crippen molar-refractivity contribution in [2.45, 2.75) is 19.8 Å².